The van der Waals surface area contributed by atoms with Crippen molar-refractivity contribution in [3.8, 4) is 23.6 Å². The number of hydrogen-bond donors (Lipinski definition) is 0. The summed E-state index contributed by atoms with van der Waals surface area (Å²) in [6.07, 6.45) is 1.22. The molecule has 0 spiro atoms. The predicted molar refractivity (Wildman–Crippen MR) is 71.6 cm³/mol. The Morgan fingerprint density at radius 2 is 1.74 bits per heavy atom. The highest BCUT2D eigenvalue weighted by molar-refractivity contribution is 5.38. The monoisotopic (exact) mass is 248 g/mol. The van der Waals surface area contributed by atoms with E-state index in [-0.39, 0.29) is 0 Å². The summed E-state index contributed by atoms with van der Waals surface area (Å²) in [5.41, 5.74) is 1.68. The van der Waals surface area contributed by atoms with Crippen LogP contribution < -0.4 is 4.74 Å². The summed E-state index contributed by atoms with van der Waals surface area (Å²) in [5.74, 6) is 1.43. The van der Waals surface area contributed by atoms with Gasteiger partial charge in [-0.1, -0.05) is 12.1 Å². The summed E-state index contributed by atoms with van der Waals surface area (Å²) < 4.78 is 5.71. The maximum atomic E-state index is 8.72. The first-order valence-electron chi connectivity index (χ1n) is 5.96. The van der Waals surface area contributed by atoms with Gasteiger partial charge in [-0.15, -0.1) is 0 Å². The van der Waals surface area contributed by atoms with Gasteiger partial charge in [0.25, 0.3) is 0 Å². The summed E-state index contributed by atoms with van der Waals surface area (Å²) >= 11 is 0. The van der Waals surface area contributed by atoms with Crippen LogP contribution in [0.2, 0.25) is 0 Å². The molecule has 0 N–H and O–H groups in total. The van der Waals surface area contributed by atoms with Gasteiger partial charge in [0.1, 0.15) is 11.5 Å². The number of rotatable bonds is 4. The summed E-state index contributed by atoms with van der Waals surface area (Å²) in [6.45, 7) is 0. The minimum absolute atomic E-state index is 0.500. The number of aryl methyl sites for hydroxylation is 1. The first kappa shape index (κ1) is 12.7. The van der Waals surface area contributed by atoms with Crippen molar-refractivity contribution in [3.63, 3.8) is 0 Å². The van der Waals surface area contributed by atoms with Gasteiger partial charge in [0.2, 0.25) is 0 Å². The number of benzene rings is 2. The van der Waals surface area contributed by atoms with Crippen molar-refractivity contribution in [2.24, 2.45) is 0 Å². The van der Waals surface area contributed by atoms with Crippen molar-refractivity contribution >= 4 is 0 Å². The molecule has 0 saturated heterocycles. The van der Waals surface area contributed by atoms with Crippen molar-refractivity contribution in [1.82, 2.24) is 0 Å². The second-order valence-corrected chi connectivity index (χ2v) is 4.04. The van der Waals surface area contributed by atoms with Crippen LogP contribution in [0.15, 0.2) is 48.5 Å². The van der Waals surface area contributed by atoms with E-state index >= 15 is 0 Å². The molecule has 0 bridgehead atoms. The molecular weight excluding hydrogens is 236 g/mol. The van der Waals surface area contributed by atoms with E-state index in [0.29, 0.717) is 17.7 Å². The molecule has 0 aliphatic rings. The standard InChI is InChI=1S/C16H12N2O/c17-10-2-4-13-3-1-5-16(11-13)19-15-8-6-14(12-18)7-9-15/h1,3,5-9,11H,2,4H2. The second-order valence-electron chi connectivity index (χ2n) is 4.04. The lowest BCUT2D eigenvalue weighted by atomic mass is 10.1. The van der Waals surface area contributed by atoms with Crippen molar-refractivity contribution in [2.45, 2.75) is 12.8 Å². The Bertz CT molecular complexity index is 633. The van der Waals surface area contributed by atoms with Gasteiger partial charge < -0.3 is 4.74 Å². The third-order valence-electron chi connectivity index (χ3n) is 2.64. The van der Waals surface area contributed by atoms with Crippen LogP contribution in [0.5, 0.6) is 11.5 Å². The quantitative estimate of drug-likeness (QED) is 0.826. The fraction of sp³-hybridized carbons (Fsp3) is 0.125. The maximum absolute atomic E-state index is 8.72. The maximum Gasteiger partial charge on any atom is 0.127 e. The molecule has 2 aromatic carbocycles. The molecule has 0 fully saturated rings. The molecule has 0 aliphatic carbocycles. The molecule has 3 heteroatoms. The molecule has 2 rings (SSSR count). The van der Waals surface area contributed by atoms with Gasteiger partial charge >= 0.3 is 0 Å². The molecule has 0 unspecified atom stereocenters. The van der Waals surface area contributed by atoms with Crippen LogP contribution >= 0.6 is 0 Å². The number of nitriles is 2. The molecule has 0 amide bonds. The van der Waals surface area contributed by atoms with Gasteiger partial charge in [-0.05, 0) is 48.4 Å². The molecule has 0 atom stereocenters. The van der Waals surface area contributed by atoms with Crippen LogP contribution in [-0.2, 0) is 6.42 Å². The van der Waals surface area contributed by atoms with Crippen LogP contribution in [0.4, 0.5) is 0 Å². The fourth-order valence-electron chi connectivity index (χ4n) is 1.70. The largest absolute Gasteiger partial charge is 0.457 e. The average Bonchev–Trinajstić information content (AvgIpc) is 2.46. The van der Waals surface area contributed by atoms with Gasteiger partial charge in [0.15, 0.2) is 0 Å². The van der Waals surface area contributed by atoms with E-state index in [2.05, 4.69) is 12.1 Å². The van der Waals surface area contributed by atoms with Crippen LogP contribution in [0.1, 0.15) is 17.5 Å². The highest BCUT2D eigenvalue weighted by Gasteiger charge is 2.00. The SMILES string of the molecule is N#CCCc1cccc(Oc2ccc(C#N)cc2)c1. The lowest BCUT2D eigenvalue weighted by molar-refractivity contribution is 0.482. The molecule has 0 aliphatic heterocycles. The van der Waals surface area contributed by atoms with Crippen molar-refractivity contribution < 1.29 is 4.74 Å². The molecule has 19 heavy (non-hydrogen) atoms. The molecular formula is C16H12N2O. The summed E-state index contributed by atoms with van der Waals surface area (Å²) in [5, 5.41) is 17.3. The van der Waals surface area contributed by atoms with E-state index in [1.54, 1.807) is 24.3 Å². The molecule has 2 aromatic rings. The van der Waals surface area contributed by atoms with E-state index in [1.165, 1.54) is 0 Å². The molecule has 0 heterocycles. The van der Waals surface area contributed by atoms with Gasteiger partial charge in [0, 0.05) is 6.42 Å². The topological polar surface area (TPSA) is 56.8 Å². The van der Waals surface area contributed by atoms with Crippen LogP contribution in [0.25, 0.3) is 0 Å². The molecule has 92 valence electrons. The zero-order chi connectivity index (χ0) is 13.5. The van der Waals surface area contributed by atoms with E-state index in [0.717, 1.165) is 17.7 Å². The highest BCUT2D eigenvalue weighted by atomic mass is 16.5. The van der Waals surface area contributed by atoms with E-state index in [4.69, 9.17) is 15.3 Å². The lowest BCUT2D eigenvalue weighted by Gasteiger charge is -2.07. The Kier molecular flexibility index (Phi) is 4.16. The summed E-state index contributed by atoms with van der Waals surface area (Å²) in [6, 6.07) is 18.8. The summed E-state index contributed by atoms with van der Waals surface area (Å²) in [4.78, 5) is 0. The molecule has 3 nitrogen and oxygen atoms in total. The van der Waals surface area contributed by atoms with Gasteiger partial charge in [0.05, 0.1) is 17.7 Å². The zero-order valence-corrected chi connectivity index (χ0v) is 10.3. The zero-order valence-electron chi connectivity index (χ0n) is 10.3. The van der Waals surface area contributed by atoms with Crippen molar-refractivity contribution in [1.29, 1.82) is 10.5 Å². The summed E-state index contributed by atoms with van der Waals surface area (Å²) in [7, 11) is 0. The first-order chi connectivity index (χ1) is 9.31. The second kappa shape index (κ2) is 6.23. The van der Waals surface area contributed by atoms with Gasteiger partial charge in [-0.3, -0.25) is 0 Å². The number of nitrogens with zero attached hydrogens (tertiary/aromatic N) is 2. The Morgan fingerprint density at radius 1 is 0.947 bits per heavy atom. The average molecular weight is 248 g/mol. The smallest absolute Gasteiger partial charge is 0.127 e. The molecule has 0 aromatic heterocycles. The first-order valence-corrected chi connectivity index (χ1v) is 5.96. The minimum atomic E-state index is 0.500. The highest BCUT2D eigenvalue weighted by Crippen LogP contribution is 2.22. The molecule has 0 radical (unpaired) electrons. The fourth-order valence-corrected chi connectivity index (χ4v) is 1.70. The predicted octanol–water partition coefficient (Wildman–Crippen LogP) is 3.81. The minimum Gasteiger partial charge on any atom is -0.457 e. The Morgan fingerprint density at radius 3 is 2.42 bits per heavy atom. The Balaban J connectivity index is 2.10. The van der Waals surface area contributed by atoms with E-state index in [9.17, 15) is 0 Å². The van der Waals surface area contributed by atoms with Crippen LogP contribution in [0.3, 0.4) is 0 Å². The van der Waals surface area contributed by atoms with Gasteiger partial charge in [-0.2, -0.15) is 10.5 Å². The van der Waals surface area contributed by atoms with E-state index in [1.807, 2.05) is 24.3 Å². The number of hydrogen-bond acceptors (Lipinski definition) is 3. The van der Waals surface area contributed by atoms with Crippen molar-refractivity contribution in [2.75, 3.05) is 0 Å². The Hall–Kier alpha value is -2.78. The Labute approximate surface area is 112 Å². The van der Waals surface area contributed by atoms with Gasteiger partial charge in [-0.25, -0.2) is 0 Å². The third kappa shape index (κ3) is 3.59. The molecule has 0 saturated carbocycles. The third-order valence-corrected chi connectivity index (χ3v) is 2.64. The van der Waals surface area contributed by atoms with Crippen LogP contribution in [-0.4, -0.2) is 0 Å². The number of ether oxygens (including phenoxy) is 1. The van der Waals surface area contributed by atoms with Crippen LogP contribution in [0, 0.1) is 22.7 Å². The van der Waals surface area contributed by atoms with E-state index < -0.39 is 0 Å². The normalized spacial score (nSPS) is 9.37. The lowest BCUT2D eigenvalue weighted by Crippen LogP contribution is -1.88. The van der Waals surface area contributed by atoms with Crippen molar-refractivity contribution in [3.05, 3.63) is 59.7 Å².